The number of nitrogens with two attached hydrogens (primary N) is 1. The van der Waals surface area contributed by atoms with Crippen molar-refractivity contribution >= 4 is 34.6 Å². The van der Waals surface area contributed by atoms with E-state index < -0.39 is 0 Å². The first-order chi connectivity index (χ1) is 13.6. The van der Waals surface area contributed by atoms with Crippen LogP contribution < -0.4 is 16.0 Å². The van der Waals surface area contributed by atoms with E-state index in [1.165, 1.54) is 10.5 Å². The van der Waals surface area contributed by atoms with Gasteiger partial charge in [-0.2, -0.15) is 0 Å². The van der Waals surface area contributed by atoms with Gasteiger partial charge in [-0.15, -0.1) is 0 Å². The first-order valence-electron chi connectivity index (χ1n) is 9.65. The Morgan fingerprint density at radius 3 is 2.86 bits per heavy atom. The largest absolute Gasteiger partial charge is 0.369 e. The summed E-state index contributed by atoms with van der Waals surface area (Å²) in [6.07, 6.45) is 6.60. The molecule has 5 rings (SSSR count). The Kier molecular flexibility index (Phi) is 4.32. The number of hydrogen-bond donors (Lipinski definition) is 2. The molecule has 1 saturated heterocycles. The minimum atomic E-state index is -0.0723. The van der Waals surface area contributed by atoms with Crippen molar-refractivity contribution in [3.8, 4) is 0 Å². The van der Waals surface area contributed by atoms with Gasteiger partial charge in [0.05, 0.1) is 6.20 Å². The summed E-state index contributed by atoms with van der Waals surface area (Å²) < 4.78 is 0. The van der Waals surface area contributed by atoms with E-state index in [0.29, 0.717) is 5.65 Å². The highest BCUT2D eigenvalue weighted by atomic mass is 32.2. The molecule has 3 aromatic heterocycles. The molecule has 0 aliphatic carbocycles. The lowest BCUT2D eigenvalue weighted by Crippen LogP contribution is -2.48. The van der Waals surface area contributed by atoms with Crippen LogP contribution in [0.4, 0.5) is 11.6 Å². The molecule has 3 aromatic rings. The fraction of sp³-hybridized carbons (Fsp3) is 0.400. The van der Waals surface area contributed by atoms with Crippen molar-refractivity contribution in [3.05, 3.63) is 36.2 Å². The zero-order valence-corrected chi connectivity index (χ0v) is 16.7. The monoisotopic (exact) mass is 393 g/mol. The van der Waals surface area contributed by atoms with Gasteiger partial charge in [-0.25, -0.2) is 19.9 Å². The Hall–Kier alpha value is -2.45. The van der Waals surface area contributed by atoms with Crippen LogP contribution >= 0.6 is 11.8 Å². The van der Waals surface area contributed by atoms with E-state index in [4.69, 9.17) is 15.7 Å². The van der Waals surface area contributed by atoms with E-state index in [2.05, 4.69) is 33.2 Å². The maximum atomic E-state index is 6.24. The van der Waals surface area contributed by atoms with Crippen molar-refractivity contribution in [2.45, 2.75) is 41.6 Å². The number of nitrogens with one attached hydrogen (secondary N) is 1. The summed E-state index contributed by atoms with van der Waals surface area (Å²) in [4.78, 5) is 21.9. The molecule has 2 aliphatic heterocycles. The smallest absolute Gasteiger partial charge is 0.179 e. The van der Waals surface area contributed by atoms with Gasteiger partial charge in [0.25, 0.3) is 0 Å². The lowest BCUT2D eigenvalue weighted by atomic mass is 9.91. The van der Waals surface area contributed by atoms with Gasteiger partial charge >= 0.3 is 0 Å². The molecule has 0 spiro atoms. The molecule has 0 saturated carbocycles. The molecule has 7 nitrogen and oxygen atoms in total. The van der Waals surface area contributed by atoms with Gasteiger partial charge in [-0.1, -0.05) is 11.8 Å². The molecule has 0 amide bonds. The number of nitrogens with zero attached hydrogens (tertiary/aromatic N) is 5. The molecule has 1 fully saturated rings. The summed E-state index contributed by atoms with van der Waals surface area (Å²) in [6, 6.07) is 6.09. The average molecular weight is 394 g/mol. The Morgan fingerprint density at radius 2 is 2.00 bits per heavy atom. The minimum Gasteiger partial charge on any atom is -0.369 e. The first-order valence-corrected chi connectivity index (χ1v) is 10.5. The highest BCUT2D eigenvalue weighted by molar-refractivity contribution is 7.99. The highest BCUT2D eigenvalue weighted by Crippen LogP contribution is 2.35. The molecule has 144 valence electrons. The van der Waals surface area contributed by atoms with Crippen molar-refractivity contribution in [3.63, 3.8) is 0 Å². The van der Waals surface area contributed by atoms with Crippen LogP contribution in [0.3, 0.4) is 0 Å². The van der Waals surface area contributed by atoms with Gasteiger partial charge in [-0.3, -0.25) is 0 Å². The number of piperidine rings is 1. The average Bonchev–Trinajstić information content (AvgIpc) is 3.18. The molecular formula is C20H23N7S. The summed E-state index contributed by atoms with van der Waals surface area (Å²) >= 11 is 1.66. The second kappa shape index (κ2) is 6.86. The van der Waals surface area contributed by atoms with Crippen LogP contribution in [-0.4, -0.2) is 45.1 Å². The highest BCUT2D eigenvalue weighted by Gasteiger charge is 2.26. The maximum absolute atomic E-state index is 6.24. The topological polar surface area (TPSA) is 92.9 Å². The summed E-state index contributed by atoms with van der Waals surface area (Å²) in [6.45, 7) is 4.89. The zero-order valence-electron chi connectivity index (χ0n) is 15.9. The summed E-state index contributed by atoms with van der Waals surface area (Å²) in [7, 11) is 0. The standard InChI is InChI=1S/C20H23N7S/c1-20(21)6-10-27(11-7-20)16-12-24-19-14(25-16)2-3-17(26-19)28-15-5-9-23-18-13(15)4-8-22-18/h2-3,5,9,12H,4,6-8,10-11,21H2,1H3,(H,22,23). The number of fused-ring (bicyclic) bond motifs is 2. The van der Waals surface area contributed by atoms with Gasteiger partial charge in [0.15, 0.2) is 5.65 Å². The fourth-order valence-corrected chi connectivity index (χ4v) is 4.66. The third-order valence-corrected chi connectivity index (χ3v) is 6.53. The Bertz CT molecular complexity index is 1030. The van der Waals surface area contributed by atoms with Crippen LogP contribution in [0.5, 0.6) is 0 Å². The van der Waals surface area contributed by atoms with E-state index in [9.17, 15) is 0 Å². The van der Waals surface area contributed by atoms with Crippen molar-refractivity contribution in [2.24, 2.45) is 5.73 Å². The van der Waals surface area contributed by atoms with Crippen LogP contribution in [0.2, 0.25) is 0 Å². The quantitative estimate of drug-likeness (QED) is 0.702. The molecule has 0 bridgehead atoms. The van der Waals surface area contributed by atoms with E-state index in [1.807, 2.05) is 24.5 Å². The summed E-state index contributed by atoms with van der Waals surface area (Å²) in [5, 5.41) is 4.24. The molecule has 0 atom stereocenters. The number of aromatic nitrogens is 4. The molecule has 8 heteroatoms. The van der Waals surface area contributed by atoms with Gasteiger partial charge in [0.1, 0.15) is 22.2 Å². The lowest BCUT2D eigenvalue weighted by molar-refractivity contribution is 0.363. The Labute approximate surface area is 168 Å². The van der Waals surface area contributed by atoms with Gasteiger partial charge in [0.2, 0.25) is 0 Å². The first kappa shape index (κ1) is 17.6. The predicted molar refractivity (Wildman–Crippen MR) is 112 cm³/mol. The third kappa shape index (κ3) is 3.38. The molecular weight excluding hydrogens is 370 g/mol. The number of rotatable bonds is 3. The van der Waals surface area contributed by atoms with Gasteiger partial charge in [-0.05, 0) is 44.4 Å². The zero-order chi connectivity index (χ0) is 19.1. The Morgan fingerprint density at radius 1 is 1.14 bits per heavy atom. The van der Waals surface area contributed by atoms with Crippen molar-refractivity contribution < 1.29 is 0 Å². The number of anilines is 2. The second-order valence-electron chi connectivity index (χ2n) is 7.78. The minimum absolute atomic E-state index is 0.0723. The second-order valence-corrected chi connectivity index (χ2v) is 8.84. The lowest BCUT2D eigenvalue weighted by Gasteiger charge is -2.37. The van der Waals surface area contributed by atoms with Gasteiger partial charge < -0.3 is 16.0 Å². The normalized spacial score (nSPS) is 18.1. The predicted octanol–water partition coefficient (Wildman–Crippen LogP) is 2.86. The summed E-state index contributed by atoms with van der Waals surface area (Å²) in [5.74, 6) is 1.90. The summed E-state index contributed by atoms with van der Waals surface area (Å²) in [5.41, 5.74) is 8.94. The molecule has 0 unspecified atom stereocenters. The van der Waals surface area contributed by atoms with E-state index >= 15 is 0 Å². The van der Waals surface area contributed by atoms with Crippen LogP contribution in [-0.2, 0) is 6.42 Å². The third-order valence-electron chi connectivity index (χ3n) is 5.49. The SMILES string of the molecule is CC1(N)CCN(c2cnc3nc(Sc4ccnc5c4CCN5)ccc3n2)CC1. The van der Waals surface area contributed by atoms with Crippen LogP contribution in [0.1, 0.15) is 25.3 Å². The molecule has 0 aromatic carbocycles. The molecule has 5 heterocycles. The molecule has 0 radical (unpaired) electrons. The maximum Gasteiger partial charge on any atom is 0.179 e. The van der Waals surface area contributed by atoms with Crippen LogP contribution in [0.15, 0.2) is 40.5 Å². The van der Waals surface area contributed by atoms with E-state index in [0.717, 1.165) is 61.1 Å². The number of pyridine rings is 2. The number of hydrogen-bond acceptors (Lipinski definition) is 8. The molecule has 3 N–H and O–H groups in total. The van der Waals surface area contributed by atoms with Gasteiger partial charge in [0, 0.05) is 41.8 Å². The molecule has 2 aliphatic rings. The van der Waals surface area contributed by atoms with Crippen molar-refractivity contribution in [1.29, 1.82) is 0 Å². The fourth-order valence-electron chi connectivity index (χ4n) is 3.72. The molecule has 28 heavy (non-hydrogen) atoms. The van der Waals surface area contributed by atoms with Crippen molar-refractivity contribution in [2.75, 3.05) is 29.9 Å². The Balaban J connectivity index is 1.38. The van der Waals surface area contributed by atoms with Crippen molar-refractivity contribution in [1.82, 2.24) is 19.9 Å². The van der Waals surface area contributed by atoms with E-state index in [1.54, 1.807) is 11.8 Å². The van der Waals surface area contributed by atoms with E-state index in [-0.39, 0.29) is 5.54 Å². The van der Waals surface area contributed by atoms with Crippen LogP contribution in [0, 0.1) is 0 Å². The van der Waals surface area contributed by atoms with Crippen LogP contribution in [0.25, 0.3) is 11.2 Å².